The van der Waals surface area contributed by atoms with E-state index in [1.54, 1.807) is 7.11 Å². The number of carboxylic acids is 1. The van der Waals surface area contributed by atoms with Gasteiger partial charge in [0.05, 0.1) is 12.1 Å². The maximum Gasteiger partial charge on any atom is 0.490 e. The average molecular weight is 453 g/mol. The van der Waals surface area contributed by atoms with Crippen LogP contribution in [0.15, 0.2) is 0 Å². The molecule has 1 amide bonds. The average Bonchev–Trinajstić information content (AvgIpc) is 3.03. The zero-order valence-corrected chi connectivity index (χ0v) is 18.5. The van der Waals surface area contributed by atoms with Crippen molar-refractivity contribution in [2.24, 2.45) is 5.92 Å². The molecule has 1 N–H and O–H groups in total. The maximum absolute atomic E-state index is 12.5. The Hall–Kier alpha value is -1.39. The fourth-order valence-electron chi connectivity index (χ4n) is 5.35. The second kappa shape index (κ2) is 11.5. The zero-order chi connectivity index (χ0) is 23.1. The molecule has 10 heteroatoms. The third-order valence-electron chi connectivity index (χ3n) is 6.71. The van der Waals surface area contributed by atoms with E-state index in [1.165, 1.54) is 32.4 Å². The fourth-order valence-corrected chi connectivity index (χ4v) is 5.35. The lowest BCUT2D eigenvalue weighted by Gasteiger charge is -2.53. The molecular formula is C21H35F3N2O5. The van der Waals surface area contributed by atoms with Gasteiger partial charge in [-0.05, 0) is 51.0 Å². The highest BCUT2D eigenvalue weighted by Crippen LogP contribution is 2.43. The first kappa shape index (κ1) is 25.9. The van der Waals surface area contributed by atoms with E-state index in [2.05, 4.69) is 16.7 Å². The number of likely N-dealkylation sites (tertiary alicyclic amines) is 2. The van der Waals surface area contributed by atoms with Crippen LogP contribution in [0.2, 0.25) is 0 Å². The van der Waals surface area contributed by atoms with Crippen molar-refractivity contribution >= 4 is 11.9 Å². The van der Waals surface area contributed by atoms with Crippen LogP contribution in [0.1, 0.15) is 51.9 Å². The van der Waals surface area contributed by atoms with E-state index in [1.807, 2.05) is 0 Å². The van der Waals surface area contributed by atoms with Gasteiger partial charge >= 0.3 is 12.1 Å². The quantitative estimate of drug-likeness (QED) is 0.668. The molecule has 3 aliphatic rings. The van der Waals surface area contributed by atoms with Gasteiger partial charge in [-0.15, -0.1) is 0 Å². The smallest absolute Gasteiger partial charge is 0.475 e. The topological polar surface area (TPSA) is 79.3 Å². The van der Waals surface area contributed by atoms with Gasteiger partial charge in [-0.25, -0.2) is 4.79 Å². The molecule has 3 saturated heterocycles. The van der Waals surface area contributed by atoms with Crippen LogP contribution in [0.5, 0.6) is 0 Å². The van der Waals surface area contributed by atoms with Gasteiger partial charge in [-0.1, -0.05) is 6.92 Å². The molecule has 2 atom stereocenters. The normalized spacial score (nSPS) is 28.0. The number of alkyl halides is 3. The van der Waals surface area contributed by atoms with Gasteiger partial charge in [0.15, 0.2) is 0 Å². The predicted octanol–water partition coefficient (Wildman–Crippen LogP) is 2.93. The standard InChI is InChI=1S/C19H34N2O3.C2HF3O2/c1-3-17-19(9-5-18(22)21(19)11-14-23-2)8-4-10-20(17)15-16-6-12-24-13-7-16;3-2(4,5)1(6)7/h16-17H,3-15H2,1-2H3;(H,6,7)/t17-,19-;/m0./s1. The summed E-state index contributed by atoms with van der Waals surface area (Å²) >= 11 is 0. The van der Waals surface area contributed by atoms with Crippen LogP contribution in [0.3, 0.4) is 0 Å². The van der Waals surface area contributed by atoms with Crippen molar-refractivity contribution in [2.45, 2.75) is 69.6 Å². The third kappa shape index (κ3) is 6.55. The number of hydrogen-bond acceptors (Lipinski definition) is 5. The highest BCUT2D eigenvalue weighted by molar-refractivity contribution is 5.80. The highest BCUT2D eigenvalue weighted by Gasteiger charge is 2.52. The molecule has 0 aromatic heterocycles. The Morgan fingerprint density at radius 1 is 1.29 bits per heavy atom. The predicted molar refractivity (Wildman–Crippen MR) is 108 cm³/mol. The van der Waals surface area contributed by atoms with Crippen molar-refractivity contribution < 1.29 is 37.3 Å². The van der Waals surface area contributed by atoms with E-state index >= 15 is 0 Å². The van der Waals surface area contributed by atoms with Crippen LogP contribution < -0.4 is 0 Å². The van der Waals surface area contributed by atoms with Gasteiger partial charge in [0.25, 0.3) is 0 Å². The monoisotopic (exact) mass is 452 g/mol. The molecule has 3 heterocycles. The molecule has 0 aromatic rings. The molecule has 0 saturated carbocycles. The largest absolute Gasteiger partial charge is 0.490 e. The van der Waals surface area contributed by atoms with E-state index in [0.29, 0.717) is 25.0 Å². The van der Waals surface area contributed by atoms with E-state index in [4.69, 9.17) is 19.4 Å². The summed E-state index contributed by atoms with van der Waals surface area (Å²) in [5, 5.41) is 7.12. The molecular weight excluding hydrogens is 417 g/mol. The molecule has 0 bridgehead atoms. The van der Waals surface area contributed by atoms with Crippen LogP contribution in [0.25, 0.3) is 0 Å². The zero-order valence-electron chi connectivity index (χ0n) is 18.5. The van der Waals surface area contributed by atoms with Crippen molar-refractivity contribution in [3.8, 4) is 0 Å². The van der Waals surface area contributed by atoms with Crippen LogP contribution >= 0.6 is 0 Å². The van der Waals surface area contributed by atoms with E-state index < -0.39 is 12.1 Å². The number of amides is 1. The first-order valence-corrected chi connectivity index (χ1v) is 11.1. The fraction of sp³-hybridized carbons (Fsp3) is 0.905. The van der Waals surface area contributed by atoms with Crippen LogP contribution in [-0.2, 0) is 19.1 Å². The summed E-state index contributed by atoms with van der Waals surface area (Å²) in [6.45, 7) is 7.88. The summed E-state index contributed by atoms with van der Waals surface area (Å²) in [7, 11) is 1.73. The van der Waals surface area contributed by atoms with E-state index in [0.717, 1.165) is 44.9 Å². The van der Waals surface area contributed by atoms with Gasteiger partial charge in [0.2, 0.25) is 5.91 Å². The molecule has 3 aliphatic heterocycles. The lowest BCUT2D eigenvalue weighted by molar-refractivity contribution is -0.192. The number of carbonyl (C=O) groups excluding carboxylic acids is 1. The Kier molecular flexibility index (Phi) is 9.57. The number of carboxylic acid groups (broad SMARTS) is 1. The van der Waals surface area contributed by atoms with Crippen molar-refractivity contribution in [1.29, 1.82) is 0 Å². The summed E-state index contributed by atoms with van der Waals surface area (Å²) in [5.41, 5.74) is 0.0494. The van der Waals surface area contributed by atoms with Crippen molar-refractivity contribution in [3.63, 3.8) is 0 Å². The lowest BCUT2D eigenvalue weighted by Crippen LogP contribution is -2.64. The molecule has 0 radical (unpaired) electrons. The summed E-state index contributed by atoms with van der Waals surface area (Å²) in [4.78, 5) is 26.3. The minimum atomic E-state index is -5.08. The number of halogens is 3. The minimum Gasteiger partial charge on any atom is -0.475 e. The second-order valence-electron chi connectivity index (χ2n) is 8.52. The van der Waals surface area contributed by atoms with Gasteiger partial charge < -0.3 is 19.5 Å². The second-order valence-corrected chi connectivity index (χ2v) is 8.52. The van der Waals surface area contributed by atoms with Gasteiger partial charge in [-0.2, -0.15) is 13.2 Å². The van der Waals surface area contributed by atoms with Crippen LogP contribution in [0, 0.1) is 5.92 Å². The molecule has 7 nitrogen and oxygen atoms in total. The van der Waals surface area contributed by atoms with Crippen LogP contribution in [-0.4, -0.2) is 91.1 Å². The summed E-state index contributed by atoms with van der Waals surface area (Å²) in [6.07, 6.45) is 2.52. The summed E-state index contributed by atoms with van der Waals surface area (Å²) in [6, 6.07) is 0.498. The maximum atomic E-state index is 12.5. The molecule has 1 spiro atoms. The van der Waals surface area contributed by atoms with Gasteiger partial charge in [0.1, 0.15) is 0 Å². The van der Waals surface area contributed by atoms with E-state index in [9.17, 15) is 18.0 Å². The van der Waals surface area contributed by atoms with Gasteiger partial charge in [-0.3, -0.25) is 9.69 Å². The number of nitrogens with zero attached hydrogens (tertiary/aromatic N) is 2. The summed E-state index contributed by atoms with van der Waals surface area (Å²) in [5.74, 6) is -1.67. The number of piperidine rings is 1. The molecule has 3 rings (SSSR count). The molecule has 31 heavy (non-hydrogen) atoms. The van der Waals surface area contributed by atoms with Crippen molar-refractivity contribution in [2.75, 3.05) is 46.6 Å². The first-order chi connectivity index (χ1) is 14.7. The lowest BCUT2D eigenvalue weighted by atomic mass is 9.77. The highest BCUT2D eigenvalue weighted by atomic mass is 19.4. The number of methoxy groups -OCH3 is 1. The molecule has 0 unspecified atom stereocenters. The Balaban J connectivity index is 0.000000423. The third-order valence-corrected chi connectivity index (χ3v) is 6.71. The number of rotatable bonds is 6. The van der Waals surface area contributed by atoms with Gasteiger partial charge in [0, 0.05) is 45.9 Å². The molecule has 180 valence electrons. The Bertz CT molecular complexity index is 598. The number of ether oxygens (including phenoxy) is 2. The minimum absolute atomic E-state index is 0.0494. The van der Waals surface area contributed by atoms with Crippen molar-refractivity contribution in [1.82, 2.24) is 9.80 Å². The summed E-state index contributed by atoms with van der Waals surface area (Å²) < 4.78 is 42.5. The Morgan fingerprint density at radius 2 is 1.94 bits per heavy atom. The first-order valence-electron chi connectivity index (χ1n) is 11.1. The van der Waals surface area contributed by atoms with E-state index in [-0.39, 0.29) is 5.54 Å². The molecule has 3 fully saturated rings. The number of carbonyl (C=O) groups is 2. The molecule has 0 aliphatic carbocycles. The number of hydrogen-bond donors (Lipinski definition) is 1. The number of aliphatic carboxylic acids is 1. The Morgan fingerprint density at radius 3 is 2.48 bits per heavy atom. The SMILES string of the molecule is CC[C@@H]1N(CC2CCOCC2)CCC[C@]12CCC(=O)N2CCOC.O=C(O)C(F)(F)F. The molecule has 0 aromatic carbocycles. The van der Waals surface area contributed by atoms with Crippen molar-refractivity contribution in [3.05, 3.63) is 0 Å². The van der Waals surface area contributed by atoms with Crippen LogP contribution in [0.4, 0.5) is 13.2 Å². The Labute approximate surface area is 181 Å².